The van der Waals surface area contributed by atoms with Crippen LogP contribution in [0.2, 0.25) is 20.1 Å². The predicted octanol–water partition coefficient (Wildman–Crippen LogP) is 11.2. The van der Waals surface area contributed by atoms with Gasteiger partial charge in [0, 0.05) is 113 Å². The molecule has 24 heteroatoms. The summed E-state index contributed by atoms with van der Waals surface area (Å²) in [5.41, 5.74) is 2.37. The number of aliphatic carboxylic acids is 2. The number of nitrogens with one attached hydrogen (secondary N) is 3. The Morgan fingerprint density at radius 3 is 1.37 bits per heavy atom. The standard InChI is InChI=1S/C31H36Cl2N4O6.C28H29Cl2N3O7/c1-19(2)34-14-15-36(20(3)4)22-10-13-29(37(41)42)24(17-22)30(38)35-28(31(39)40)16-21-8-11-23(12-9-21)43-18-25-26(32)6-5-7-27(25)33;1-32(13-2-3-14-34)19-9-12-26(33(38)39)21(16-19)27(35)31-25(28(36)37)15-18-7-10-20(11-8-18)40-17-22-23(29)5-4-6-24(22)30/h5-13,17,19-20,28,34H,14-16,18H2,1-4H3,(H,35,38)(H,39,40);4-12,16,25,34H,2-3,13-15,17H2,1H3,(H,31,35)(H,36,37). The number of carboxylic acid groups (broad SMARTS) is 2. The van der Waals surface area contributed by atoms with Crippen LogP contribution < -0.4 is 35.2 Å². The maximum Gasteiger partial charge on any atom is 0.326 e. The Hall–Kier alpha value is -7.72. The highest BCUT2D eigenvalue weighted by Gasteiger charge is 2.29. The van der Waals surface area contributed by atoms with Gasteiger partial charge in [-0.15, -0.1) is 0 Å². The molecule has 2 unspecified atom stereocenters. The minimum Gasteiger partial charge on any atom is -0.489 e. The molecule has 442 valence electrons. The molecule has 0 aliphatic rings. The molecule has 0 bridgehead atoms. The number of ether oxygens (including phenoxy) is 2. The lowest BCUT2D eigenvalue weighted by atomic mass is 10.0. The van der Waals surface area contributed by atoms with Crippen molar-refractivity contribution < 1.29 is 53.8 Å². The van der Waals surface area contributed by atoms with Gasteiger partial charge in [-0.1, -0.05) is 96.6 Å². The second-order valence-corrected chi connectivity index (χ2v) is 21.2. The minimum atomic E-state index is -1.34. The molecule has 6 rings (SSSR count). The Morgan fingerprint density at radius 2 is 1.00 bits per heavy atom. The monoisotopic (exact) mass is 1220 g/mol. The molecule has 6 aromatic carbocycles. The van der Waals surface area contributed by atoms with Crippen molar-refractivity contribution in [2.24, 2.45) is 0 Å². The van der Waals surface area contributed by atoms with Crippen LogP contribution in [0.5, 0.6) is 11.5 Å². The largest absolute Gasteiger partial charge is 0.489 e. The van der Waals surface area contributed by atoms with Gasteiger partial charge in [0.15, 0.2) is 0 Å². The van der Waals surface area contributed by atoms with Crippen LogP contribution in [0, 0.1) is 20.2 Å². The maximum absolute atomic E-state index is 13.3. The molecule has 0 aliphatic carbocycles. The third-order valence-corrected chi connectivity index (χ3v) is 14.3. The van der Waals surface area contributed by atoms with Crippen molar-refractivity contribution in [2.45, 2.75) is 90.8 Å². The van der Waals surface area contributed by atoms with Gasteiger partial charge in [-0.25, -0.2) is 9.59 Å². The topological polar surface area (TPSA) is 276 Å². The van der Waals surface area contributed by atoms with Gasteiger partial charge in [0.05, 0.1) is 9.85 Å². The Labute approximate surface area is 500 Å². The number of carbonyl (C=O) groups is 4. The Balaban J connectivity index is 0.000000305. The first-order valence-corrected chi connectivity index (χ1v) is 27.7. The van der Waals surface area contributed by atoms with Crippen LogP contribution >= 0.6 is 46.4 Å². The zero-order chi connectivity index (χ0) is 60.9. The van der Waals surface area contributed by atoms with Gasteiger partial charge >= 0.3 is 11.9 Å². The number of aliphatic hydroxyl groups excluding tert-OH is 1. The van der Waals surface area contributed by atoms with Crippen molar-refractivity contribution in [3.8, 4) is 11.5 Å². The smallest absolute Gasteiger partial charge is 0.326 e. The molecule has 2 amide bonds. The van der Waals surface area contributed by atoms with Crippen LogP contribution in [0.4, 0.5) is 22.7 Å². The van der Waals surface area contributed by atoms with Gasteiger partial charge in [0.2, 0.25) is 0 Å². The molecule has 83 heavy (non-hydrogen) atoms. The lowest BCUT2D eigenvalue weighted by Gasteiger charge is -2.30. The Bertz CT molecular complexity index is 3170. The molecule has 6 aromatic rings. The number of rotatable bonds is 29. The zero-order valence-electron chi connectivity index (χ0n) is 46.2. The summed E-state index contributed by atoms with van der Waals surface area (Å²) in [6.07, 6.45) is 1.16. The first kappa shape index (κ1) is 66.1. The summed E-state index contributed by atoms with van der Waals surface area (Å²) in [5.74, 6) is -3.26. The van der Waals surface area contributed by atoms with Gasteiger partial charge in [-0.3, -0.25) is 29.8 Å². The van der Waals surface area contributed by atoms with E-state index >= 15 is 0 Å². The normalized spacial score (nSPS) is 11.7. The highest BCUT2D eigenvalue weighted by Crippen LogP contribution is 2.30. The summed E-state index contributed by atoms with van der Waals surface area (Å²) in [5, 5.41) is 62.1. The van der Waals surface area contributed by atoms with Gasteiger partial charge in [-0.2, -0.15) is 0 Å². The Morgan fingerprint density at radius 1 is 0.590 bits per heavy atom. The highest BCUT2D eigenvalue weighted by molar-refractivity contribution is 6.36. The van der Waals surface area contributed by atoms with E-state index in [1.54, 1.807) is 103 Å². The van der Waals surface area contributed by atoms with Crippen molar-refractivity contribution in [3.63, 3.8) is 0 Å². The quantitative estimate of drug-likeness (QED) is 0.0145. The van der Waals surface area contributed by atoms with Crippen molar-refractivity contribution in [1.29, 1.82) is 0 Å². The number of unbranched alkanes of at least 4 members (excludes halogenated alkanes) is 1. The SMILES string of the molecule is CC(C)NCCN(c1ccc([N+](=O)[O-])c(C(=O)NC(Cc2ccc(OCc3c(Cl)cccc3Cl)cc2)C(=O)O)c1)C(C)C.CN(CCCCO)c1ccc([N+](=O)[O-])c(C(=O)NC(Cc2ccc(OCc3c(Cl)cccc3Cl)cc2)C(=O)O)c1. The van der Waals surface area contributed by atoms with Gasteiger partial charge in [0.1, 0.15) is 47.9 Å². The predicted molar refractivity (Wildman–Crippen MR) is 321 cm³/mol. The van der Waals surface area contributed by atoms with Crippen molar-refractivity contribution in [1.82, 2.24) is 16.0 Å². The molecule has 0 radical (unpaired) electrons. The van der Waals surface area contributed by atoms with Gasteiger partial charge in [0.25, 0.3) is 23.2 Å². The average molecular weight is 1220 g/mol. The van der Waals surface area contributed by atoms with Crippen molar-refractivity contribution >= 4 is 92.9 Å². The molecule has 6 N–H and O–H groups in total. The number of anilines is 2. The average Bonchev–Trinajstić information content (AvgIpc) is 3.63. The van der Waals surface area contributed by atoms with E-state index in [9.17, 15) is 49.6 Å². The lowest BCUT2D eigenvalue weighted by molar-refractivity contribution is -0.385. The third-order valence-electron chi connectivity index (χ3n) is 12.9. The molecular weight excluding hydrogens is 1160 g/mol. The van der Waals surface area contributed by atoms with E-state index in [1.165, 1.54) is 30.3 Å². The summed E-state index contributed by atoms with van der Waals surface area (Å²) in [6, 6.07) is 29.7. The molecular formula is C59H65Cl4N7O13. The first-order valence-electron chi connectivity index (χ1n) is 26.2. The number of aliphatic hydroxyl groups is 1. The molecule has 0 saturated carbocycles. The number of hydrogen-bond donors (Lipinski definition) is 6. The van der Waals surface area contributed by atoms with Crippen LogP contribution in [0.15, 0.2) is 121 Å². The lowest BCUT2D eigenvalue weighted by Crippen LogP contribution is -2.42. The van der Waals surface area contributed by atoms with Crippen LogP contribution in [-0.4, -0.2) is 106 Å². The minimum absolute atomic E-state index is 0.0471. The molecule has 0 saturated heterocycles. The fraction of sp³-hybridized carbons (Fsp3) is 0.322. The summed E-state index contributed by atoms with van der Waals surface area (Å²) in [6.45, 7) is 10.2. The second kappa shape index (κ2) is 32.2. The van der Waals surface area contributed by atoms with Crippen LogP contribution in [0.25, 0.3) is 0 Å². The number of nitro benzene ring substituents is 2. The summed E-state index contributed by atoms with van der Waals surface area (Å²) >= 11 is 24.7. The summed E-state index contributed by atoms with van der Waals surface area (Å²) < 4.78 is 11.5. The summed E-state index contributed by atoms with van der Waals surface area (Å²) in [7, 11) is 1.76. The fourth-order valence-electron chi connectivity index (χ4n) is 8.33. The number of hydrogen-bond acceptors (Lipinski definition) is 14. The molecule has 2 atom stereocenters. The molecule has 0 fully saturated rings. The number of carboxylic acids is 2. The van der Waals surface area contributed by atoms with Crippen LogP contribution in [0.3, 0.4) is 0 Å². The number of halogens is 4. The third kappa shape index (κ3) is 20.0. The van der Waals surface area contributed by atoms with E-state index < -0.39 is 57.1 Å². The van der Waals surface area contributed by atoms with Crippen molar-refractivity contribution in [2.75, 3.05) is 43.1 Å². The van der Waals surface area contributed by atoms with E-state index in [2.05, 4.69) is 16.0 Å². The first-order chi connectivity index (χ1) is 39.5. The highest BCUT2D eigenvalue weighted by atomic mass is 35.5. The molecule has 0 aliphatic heterocycles. The number of nitro groups is 2. The van der Waals surface area contributed by atoms with Crippen molar-refractivity contribution in [3.05, 3.63) is 195 Å². The molecule has 0 spiro atoms. The fourth-order valence-corrected chi connectivity index (χ4v) is 9.35. The number of carbonyl (C=O) groups excluding carboxylic acids is 2. The molecule has 0 heterocycles. The van der Waals surface area contributed by atoms with Crippen LogP contribution in [0.1, 0.15) is 83.5 Å². The maximum atomic E-state index is 13.3. The van der Waals surface area contributed by atoms with E-state index in [-0.39, 0.29) is 55.9 Å². The van der Waals surface area contributed by atoms with E-state index in [4.69, 9.17) is 61.0 Å². The van der Waals surface area contributed by atoms with E-state index in [0.717, 1.165) is 0 Å². The number of benzene rings is 6. The van der Waals surface area contributed by atoms with Gasteiger partial charge < -0.3 is 50.5 Å². The Kier molecular flexibility index (Phi) is 25.6. The molecule has 20 nitrogen and oxygen atoms in total. The molecule has 0 aromatic heterocycles. The number of nitrogens with zero attached hydrogens (tertiary/aromatic N) is 4. The van der Waals surface area contributed by atoms with E-state index in [1.807, 2.05) is 32.6 Å². The van der Waals surface area contributed by atoms with E-state index in [0.29, 0.717) is 97.7 Å². The summed E-state index contributed by atoms with van der Waals surface area (Å²) in [4.78, 5) is 76.3. The number of amides is 2. The zero-order valence-corrected chi connectivity index (χ0v) is 49.2. The van der Waals surface area contributed by atoms with Crippen LogP contribution in [-0.2, 0) is 35.6 Å². The second-order valence-electron chi connectivity index (χ2n) is 19.6. The van der Waals surface area contributed by atoms with Gasteiger partial charge in [-0.05, 0) is 111 Å².